The summed E-state index contributed by atoms with van der Waals surface area (Å²) in [6, 6.07) is 3.79. The van der Waals surface area contributed by atoms with Crippen molar-refractivity contribution in [3.05, 3.63) is 23.3 Å². The van der Waals surface area contributed by atoms with Gasteiger partial charge in [-0.2, -0.15) is 0 Å². The Kier molecular flexibility index (Phi) is 2.88. The van der Waals surface area contributed by atoms with E-state index in [2.05, 4.69) is 0 Å². The fourth-order valence-corrected chi connectivity index (χ4v) is 2.95. The number of methoxy groups -OCH3 is 1. The van der Waals surface area contributed by atoms with Gasteiger partial charge in [-0.1, -0.05) is 6.92 Å². The molecule has 1 aromatic carbocycles. The Bertz CT molecular complexity index is 481. The van der Waals surface area contributed by atoms with Crippen LogP contribution in [0.1, 0.15) is 33.6 Å². The standard InChI is InChI=1S/C13H18O2S/c1-3-16(14)13-9-11-7-5-4-6-10(11)8-12(13)15-2/h8-9H,3-7H2,1-2H3/i3DH. The molecule has 0 saturated carbocycles. The minimum absolute atomic E-state index is 0.477. The summed E-state index contributed by atoms with van der Waals surface area (Å²) in [6.45, 7) is 1.34. The second-order valence-corrected chi connectivity index (χ2v) is 5.34. The summed E-state index contributed by atoms with van der Waals surface area (Å²) in [5.74, 6) is 0.541. The summed E-state index contributed by atoms with van der Waals surface area (Å²) < 4.78 is 32.7. The summed E-state index contributed by atoms with van der Waals surface area (Å²) in [5.41, 5.74) is 0.682. The molecule has 0 radical (unpaired) electrons. The molecule has 0 fully saturated rings. The summed E-state index contributed by atoms with van der Waals surface area (Å²) in [6.07, 6.45) is 4.32. The second-order valence-electron chi connectivity index (χ2n) is 3.95. The third-order valence-corrected chi connectivity index (χ3v) is 4.10. The van der Waals surface area contributed by atoms with Crippen LogP contribution in [0.5, 0.6) is 5.75 Å². The van der Waals surface area contributed by atoms with Crippen LogP contribution in [0.2, 0.25) is 0 Å². The lowest BCUT2D eigenvalue weighted by atomic mass is 9.92. The molecule has 0 saturated heterocycles. The lowest BCUT2D eigenvalue weighted by Gasteiger charge is -2.18. The maximum absolute atomic E-state index is 12.2. The van der Waals surface area contributed by atoms with Gasteiger partial charge >= 0.3 is 0 Å². The zero-order valence-electron chi connectivity index (χ0n) is 11.7. The molecule has 2 nitrogen and oxygen atoms in total. The third-order valence-electron chi connectivity index (χ3n) is 3.01. The highest BCUT2D eigenvalue weighted by molar-refractivity contribution is 7.85. The van der Waals surface area contributed by atoms with Gasteiger partial charge in [0.05, 0.1) is 22.8 Å². The molecule has 3 heteroatoms. The molecule has 0 amide bonds. The molecule has 0 aliphatic heterocycles. The predicted molar refractivity (Wildman–Crippen MR) is 66.6 cm³/mol. The normalized spacial score (nSPS) is 22.4. The molecule has 0 N–H and O–H groups in total. The van der Waals surface area contributed by atoms with Crippen LogP contribution in [-0.4, -0.2) is 17.0 Å². The SMILES string of the molecule is [1H]C([2H])(C)S(=O)c1cc2c(cc1OC)CCCC2. The highest BCUT2D eigenvalue weighted by atomic mass is 32.2. The number of ether oxygens (including phenoxy) is 1. The van der Waals surface area contributed by atoms with Crippen LogP contribution in [0.25, 0.3) is 0 Å². The average molecular weight is 239 g/mol. The fourth-order valence-electron chi connectivity index (χ4n) is 2.15. The minimum atomic E-state index is -1.75. The number of hydrogen-bond acceptors (Lipinski definition) is 2. The van der Waals surface area contributed by atoms with Crippen molar-refractivity contribution in [3.63, 3.8) is 0 Å². The average Bonchev–Trinajstić information content (AvgIpc) is 2.35. The van der Waals surface area contributed by atoms with E-state index in [4.69, 9.17) is 7.48 Å². The van der Waals surface area contributed by atoms with E-state index in [1.807, 2.05) is 12.1 Å². The van der Waals surface area contributed by atoms with Gasteiger partial charge in [0.1, 0.15) is 5.75 Å². The molecule has 2 rings (SSSR count). The van der Waals surface area contributed by atoms with Gasteiger partial charge in [-0.15, -0.1) is 0 Å². The number of rotatable bonds is 3. The van der Waals surface area contributed by atoms with E-state index in [1.54, 1.807) is 0 Å². The van der Waals surface area contributed by atoms with E-state index >= 15 is 0 Å². The first-order chi connectivity index (χ1) is 8.43. The minimum Gasteiger partial charge on any atom is -0.495 e. The Morgan fingerprint density at radius 1 is 1.50 bits per heavy atom. The van der Waals surface area contributed by atoms with Crippen LogP contribution >= 0.6 is 0 Å². The smallest absolute Gasteiger partial charge is 0.135 e. The molecule has 88 valence electrons. The van der Waals surface area contributed by atoms with E-state index in [9.17, 15) is 4.21 Å². The molecule has 0 bridgehead atoms. The first-order valence-corrected chi connectivity index (χ1v) is 6.70. The molecule has 1 aliphatic rings. The maximum Gasteiger partial charge on any atom is 0.135 e. The van der Waals surface area contributed by atoms with Crippen molar-refractivity contribution in [1.82, 2.24) is 0 Å². The Morgan fingerprint density at radius 2 is 2.12 bits per heavy atom. The number of fused-ring (bicyclic) bond motifs is 1. The zero-order valence-corrected chi connectivity index (χ0v) is 10.5. The van der Waals surface area contributed by atoms with Gasteiger partial charge in [0.15, 0.2) is 0 Å². The van der Waals surface area contributed by atoms with Gasteiger partial charge in [-0.3, -0.25) is 4.21 Å². The molecule has 0 heterocycles. The van der Waals surface area contributed by atoms with Crippen molar-refractivity contribution >= 4 is 10.8 Å². The highest BCUT2D eigenvalue weighted by Crippen LogP contribution is 2.31. The fraction of sp³-hybridized carbons (Fsp3) is 0.538. The maximum atomic E-state index is 12.2. The summed E-state index contributed by atoms with van der Waals surface area (Å²) >= 11 is 0. The van der Waals surface area contributed by atoms with Crippen LogP contribution < -0.4 is 4.74 Å². The van der Waals surface area contributed by atoms with Crippen molar-refractivity contribution in [1.29, 1.82) is 0 Å². The van der Waals surface area contributed by atoms with E-state index < -0.39 is 16.5 Å². The second kappa shape index (κ2) is 5.00. The molecule has 16 heavy (non-hydrogen) atoms. The largest absolute Gasteiger partial charge is 0.495 e. The van der Waals surface area contributed by atoms with Crippen molar-refractivity contribution < 1.29 is 11.7 Å². The van der Waals surface area contributed by atoms with Crippen molar-refractivity contribution in [2.45, 2.75) is 37.5 Å². The first-order valence-electron chi connectivity index (χ1n) is 6.55. The molecule has 1 aromatic rings. The topological polar surface area (TPSA) is 26.3 Å². The van der Waals surface area contributed by atoms with Crippen molar-refractivity contribution in [2.24, 2.45) is 0 Å². The van der Waals surface area contributed by atoms with Gasteiger partial charge in [0.2, 0.25) is 0 Å². The van der Waals surface area contributed by atoms with E-state index in [1.165, 1.54) is 31.6 Å². The van der Waals surface area contributed by atoms with E-state index in [0.717, 1.165) is 19.3 Å². The van der Waals surface area contributed by atoms with Crippen molar-refractivity contribution in [2.75, 3.05) is 12.8 Å². The van der Waals surface area contributed by atoms with Gasteiger partial charge in [0, 0.05) is 8.45 Å². The zero-order chi connectivity index (χ0) is 13.3. The Morgan fingerprint density at radius 3 is 2.69 bits per heavy atom. The molecular formula is C13H18O2S. The van der Waals surface area contributed by atoms with Gasteiger partial charge in [0.25, 0.3) is 0 Å². The van der Waals surface area contributed by atoms with Gasteiger partial charge in [-0.25, -0.2) is 0 Å². The number of hydrogen-bond donors (Lipinski definition) is 0. The monoisotopic (exact) mass is 239 g/mol. The van der Waals surface area contributed by atoms with E-state index in [0.29, 0.717) is 10.6 Å². The summed E-state index contributed by atoms with van der Waals surface area (Å²) in [5, 5.41) is 0. The van der Waals surface area contributed by atoms with E-state index in [-0.39, 0.29) is 0 Å². The number of benzene rings is 1. The van der Waals surface area contributed by atoms with Crippen LogP contribution in [0.15, 0.2) is 17.0 Å². The van der Waals surface area contributed by atoms with Crippen LogP contribution in [0, 0.1) is 0 Å². The first kappa shape index (κ1) is 9.23. The van der Waals surface area contributed by atoms with Crippen LogP contribution in [-0.2, 0) is 23.6 Å². The molecular weight excluding hydrogens is 220 g/mol. The lowest BCUT2D eigenvalue weighted by Crippen LogP contribution is -2.06. The molecule has 2 atom stereocenters. The quantitative estimate of drug-likeness (QED) is 0.810. The van der Waals surface area contributed by atoms with Crippen LogP contribution in [0.3, 0.4) is 0 Å². The summed E-state index contributed by atoms with van der Waals surface area (Å²) in [7, 11) is -0.164. The van der Waals surface area contributed by atoms with Crippen LogP contribution in [0.4, 0.5) is 0 Å². The highest BCUT2D eigenvalue weighted by Gasteiger charge is 2.16. The Labute approximate surface area is 102 Å². The molecule has 2 unspecified atom stereocenters. The predicted octanol–water partition coefficient (Wildman–Crippen LogP) is 2.70. The molecule has 0 spiro atoms. The Hall–Kier alpha value is -0.830. The Balaban J connectivity index is 2.49. The van der Waals surface area contributed by atoms with Gasteiger partial charge in [-0.05, 0) is 48.9 Å². The molecule has 1 aliphatic carbocycles. The third kappa shape index (κ3) is 2.14. The number of aryl methyl sites for hydroxylation is 2. The van der Waals surface area contributed by atoms with Gasteiger partial charge < -0.3 is 4.74 Å². The lowest BCUT2D eigenvalue weighted by molar-refractivity contribution is 0.402. The van der Waals surface area contributed by atoms with Crippen molar-refractivity contribution in [3.8, 4) is 5.75 Å². The molecule has 0 aromatic heterocycles. The summed E-state index contributed by atoms with van der Waals surface area (Å²) in [4.78, 5) is 0.477.